The fraction of sp³-hybridized carbons (Fsp3) is 0.235. The molecule has 45 heavy (non-hydrogen) atoms. The lowest BCUT2D eigenvalue weighted by Crippen LogP contribution is -2.40. The molecule has 5 heterocycles. The third-order valence-electron chi connectivity index (χ3n) is 8.58. The molecule has 7 rings (SSSR count). The number of amides is 1. The van der Waals surface area contributed by atoms with Gasteiger partial charge in [-0.1, -0.05) is 35.7 Å². The second kappa shape index (κ2) is 11.7. The van der Waals surface area contributed by atoms with Crippen molar-refractivity contribution in [2.45, 2.75) is 32.7 Å². The van der Waals surface area contributed by atoms with Gasteiger partial charge in [-0.3, -0.25) is 9.36 Å². The molecule has 1 aliphatic heterocycles. The van der Waals surface area contributed by atoms with Crippen LogP contribution in [0.1, 0.15) is 51.3 Å². The lowest BCUT2D eigenvalue weighted by Gasteiger charge is -2.32. The summed E-state index contributed by atoms with van der Waals surface area (Å²) in [6.07, 6.45) is 7.03. The van der Waals surface area contributed by atoms with Crippen LogP contribution in [0.25, 0.3) is 16.6 Å². The van der Waals surface area contributed by atoms with Gasteiger partial charge in [0.25, 0.3) is 5.91 Å². The van der Waals surface area contributed by atoms with Gasteiger partial charge in [0.2, 0.25) is 5.88 Å². The molecule has 2 aromatic carbocycles. The van der Waals surface area contributed by atoms with E-state index in [0.717, 1.165) is 46.1 Å². The average Bonchev–Trinajstić information content (AvgIpc) is 3.74. The number of aromatic hydroxyl groups is 1. The molecule has 1 aliphatic rings. The number of aromatic nitrogens is 6. The first kappa shape index (κ1) is 28.5. The number of nitrogens with one attached hydrogen (secondary N) is 2. The summed E-state index contributed by atoms with van der Waals surface area (Å²) in [4.78, 5) is 38.5. The minimum atomic E-state index is -0.341. The molecule has 1 saturated heterocycles. The molecule has 4 aromatic heterocycles. The topological polar surface area (TPSA) is 124 Å². The van der Waals surface area contributed by atoms with Crippen LogP contribution in [0.15, 0.2) is 71.9 Å². The zero-order chi connectivity index (χ0) is 31.1. The van der Waals surface area contributed by atoms with Crippen molar-refractivity contribution < 1.29 is 9.90 Å². The van der Waals surface area contributed by atoms with Crippen molar-refractivity contribution in [1.29, 1.82) is 0 Å². The standard InChI is InChI=1S/C34H30ClN7O3/c1-21-7-8-24(16-23(21)9-10-26-19-36-30-6-3-13-38-42(26)30)32(43)40-14-11-22(12-15-40)20-41-33(44)29(39-34(41)45)17-25-18-37-31-27(25)4-2-5-28(31)35/h2-8,13,16,18-19,22,37,44H,11-12,14-15,17,20H2,1H3,(H,39,45). The first-order valence-corrected chi connectivity index (χ1v) is 15.2. The molecule has 226 valence electrons. The van der Waals surface area contributed by atoms with E-state index in [4.69, 9.17) is 11.6 Å². The Morgan fingerprint density at radius 3 is 2.82 bits per heavy atom. The number of hydrogen-bond acceptors (Lipinski definition) is 5. The van der Waals surface area contributed by atoms with Gasteiger partial charge in [-0.05, 0) is 73.1 Å². The highest BCUT2D eigenvalue weighted by Crippen LogP contribution is 2.29. The summed E-state index contributed by atoms with van der Waals surface area (Å²) in [6, 6.07) is 14.9. The molecular formula is C34H30ClN7O3. The highest BCUT2D eigenvalue weighted by molar-refractivity contribution is 6.35. The molecule has 0 unspecified atom stereocenters. The van der Waals surface area contributed by atoms with Gasteiger partial charge in [-0.25, -0.2) is 14.3 Å². The molecule has 0 saturated carbocycles. The van der Waals surface area contributed by atoms with E-state index >= 15 is 0 Å². The minimum absolute atomic E-state index is 0.0456. The third-order valence-corrected chi connectivity index (χ3v) is 8.89. The number of likely N-dealkylation sites (tertiary alicyclic amines) is 1. The number of aromatic amines is 2. The predicted molar refractivity (Wildman–Crippen MR) is 172 cm³/mol. The Labute approximate surface area is 263 Å². The maximum Gasteiger partial charge on any atom is 0.328 e. The van der Waals surface area contributed by atoms with Gasteiger partial charge in [0.05, 0.1) is 22.4 Å². The van der Waals surface area contributed by atoms with Crippen LogP contribution < -0.4 is 5.69 Å². The van der Waals surface area contributed by atoms with Crippen LogP contribution in [0.3, 0.4) is 0 Å². The maximum atomic E-state index is 13.5. The normalized spacial score (nSPS) is 13.8. The zero-order valence-corrected chi connectivity index (χ0v) is 25.3. The summed E-state index contributed by atoms with van der Waals surface area (Å²) in [5.41, 5.74) is 5.61. The van der Waals surface area contributed by atoms with E-state index in [2.05, 4.69) is 31.9 Å². The van der Waals surface area contributed by atoms with Crippen LogP contribution in [0.5, 0.6) is 5.88 Å². The van der Waals surface area contributed by atoms with Crippen LogP contribution in [-0.4, -0.2) is 58.1 Å². The summed E-state index contributed by atoms with van der Waals surface area (Å²) in [6.45, 7) is 3.48. The summed E-state index contributed by atoms with van der Waals surface area (Å²) < 4.78 is 3.09. The van der Waals surface area contributed by atoms with Crippen molar-refractivity contribution in [3.05, 3.63) is 116 Å². The Kier molecular flexibility index (Phi) is 7.39. The van der Waals surface area contributed by atoms with E-state index in [1.165, 1.54) is 4.57 Å². The fourth-order valence-electron chi connectivity index (χ4n) is 6.01. The quantitative estimate of drug-likeness (QED) is 0.237. The Hall–Kier alpha value is -5.27. The predicted octanol–water partition coefficient (Wildman–Crippen LogP) is 4.91. The van der Waals surface area contributed by atoms with E-state index < -0.39 is 0 Å². The number of carbonyl (C=O) groups is 1. The van der Waals surface area contributed by atoms with Crippen molar-refractivity contribution in [3.8, 4) is 17.7 Å². The highest BCUT2D eigenvalue weighted by atomic mass is 35.5. The van der Waals surface area contributed by atoms with Crippen LogP contribution in [0.4, 0.5) is 0 Å². The van der Waals surface area contributed by atoms with Crippen molar-refractivity contribution >= 4 is 34.1 Å². The van der Waals surface area contributed by atoms with E-state index in [1.54, 1.807) is 16.9 Å². The van der Waals surface area contributed by atoms with Crippen LogP contribution >= 0.6 is 11.6 Å². The van der Waals surface area contributed by atoms with E-state index in [0.29, 0.717) is 48.0 Å². The molecule has 0 aliphatic carbocycles. The first-order valence-electron chi connectivity index (χ1n) is 14.8. The van der Waals surface area contributed by atoms with E-state index in [1.807, 2.05) is 66.6 Å². The second-order valence-corrected chi connectivity index (χ2v) is 11.9. The lowest BCUT2D eigenvalue weighted by molar-refractivity contribution is 0.0681. The monoisotopic (exact) mass is 619 g/mol. The second-order valence-electron chi connectivity index (χ2n) is 11.4. The number of H-pyrrole nitrogens is 2. The summed E-state index contributed by atoms with van der Waals surface area (Å²) in [7, 11) is 0. The number of fused-ring (bicyclic) bond motifs is 2. The van der Waals surface area contributed by atoms with Gasteiger partial charge in [0.15, 0.2) is 5.65 Å². The largest absolute Gasteiger partial charge is 0.493 e. The van der Waals surface area contributed by atoms with Crippen LogP contribution in [-0.2, 0) is 13.0 Å². The number of halogens is 1. The fourth-order valence-corrected chi connectivity index (χ4v) is 6.24. The van der Waals surface area contributed by atoms with Gasteiger partial charge in [0.1, 0.15) is 5.69 Å². The summed E-state index contributed by atoms with van der Waals surface area (Å²) >= 11 is 6.29. The van der Waals surface area contributed by atoms with Crippen molar-refractivity contribution in [2.75, 3.05) is 13.1 Å². The Morgan fingerprint density at radius 2 is 1.98 bits per heavy atom. The van der Waals surface area contributed by atoms with Gasteiger partial charge in [-0.15, -0.1) is 0 Å². The molecule has 1 amide bonds. The molecule has 0 atom stereocenters. The smallest absolute Gasteiger partial charge is 0.328 e. The summed E-state index contributed by atoms with van der Waals surface area (Å²) in [5, 5.41) is 16.8. The van der Waals surface area contributed by atoms with Crippen LogP contribution in [0.2, 0.25) is 5.02 Å². The highest BCUT2D eigenvalue weighted by Gasteiger charge is 2.26. The first-order chi connectivity index (χ1) is 21.9. The summed E-state index contributed by atoms with van der Waals surface area (Å²) in [5.74, 6) is 6.37. The molecule has 10 nitrogen and oxygen atoms in total. The zero-order valence-electron chi connectivity index (χ0n) is 24.5. The van der Waals surface area contributed by atoms with Gasteiger partial charge >= 0.3 is 5.69 Å². The van der Waals surface area contributed by atoms with Crippen LogP contribution in [0, 0.1) is 24.7 Å². The Bertz CT molecular complexity index is 2190. The maximum absolute atomic E-state index is 13.5. The number of aryl methyl sites for hydroxylation is 1. The number of hydrogen-bond donors (Lipinski definition) is 3. The van der Waals surface area contributed by atoms with Crippen molar-refractivity contribution in [2.24, 2.45) is 5.92 Å². The molecule has 3 N–H and O–H groups in total. The molecule has 6 aromatic rings. The van der Waals surface area contributed by atoms with Gasteiger partial charge < -0.3 is 20.0 Å². The van der Waals surface area contributed by atoms with Crippen molar-refractivity contribution in [3.63, 3.8) is 0 Å². The number of benzene rings is 2. The van der Waals surface area contributed by atoms with Gasteiger partial charge in [0, 0.05) is 55.0 Å². The Morgan fingerprint density at radius 1 is 1.13 bits per heavy atom. The molecule has 1 fully saturated rings. The minimum Gasteiger partial charge on any atom is -0.493 e. The molecule has 0 bridgehead atoms. The molecule has 0 radical (unpaired) electrons. The number of para-hydroxylation sites is 1. The van der Waals surface area contributed by atoms with E-state index in [-0.39, 0.29) is 23.4 Å². The Balaban J connectivity index is 1.01. The number of nitrogens with zero attached hydrogens (tertiary/aromatic N) is 5. The van der Waals surface area contributed by atoms with Crippen molar-refractivity contribution in [1.82, 2.24) is 34.0 Å². The SMILES string of the molecule is Cc1ccc(C(=O)N2CCC(Cn3c(O)c(Cc4c[nH]c5c(Cl)cccc45)[nH]c3=O)CC2)cc1C#Cc1cnc2cccnn12. The number of piperidine rings is 1. The molecule has 11 heteroatoms. The van der Waals surface area contributed by atoms with E-state index in [9.17, 15) is 14.7 Å². The number of carbonyl (C=O) groups excluding carboxylic acids is 1. The molecular weight excluding hydrogens is 590 g/mol. The lowest BCUT2D eigenvalue weighted by atomic mass is 9.95. The number of imidazole rings is 2. The number of rotatable bonds is 5. The van der Waals surface area contributed by atoms with Gasteiger partial charge in [-0.2, -0.15) is 5.10 Å². The molecule has 0 spiro atoms. The average molecular weight is 620 g/mol. The third kappa shape index (κ3) is 5.47.